The summed E-state index contributed by atoms with van der Waals surface area (Å²) >= 11 is 0. The largest absolute Gasteiger partial charge is 0.481 e. The highest BCUT2D eigenvalue weighted by molar-refractivity contribution is 5.74. The minimum absolute atomic E-state index is 0.0651. The van der Waals surface area contributed by atoms with E-state index in [1.165, 1.54) is 6.39 Å². The molecule has 116 valence electrons. The number of piperidine rings is 1. The number of carboxylic acids is 1. The van der Waals surface area contributed by atoms with Crippen LogP contribution in [0, 0.1) is 11.8 Å². The van der Waals surface area contributed by atoms with Crippen molar-refractivity contribution in [3.05, 3.63) is 12.2 Å². The minimum Gasteiger partial charge on any atom is -0.481 e. The molecule has 2 rings (SSSR count). The van der Waals surface area contributed by atoms with Crippen LogP contribution in [0.1, 0.15) is 32.0 Å². The van der Waals surface area contributed by atoms with Gasteiger partial charge in [0.2, 0.25) is 6.39 Å². The lowest BCUT2D eigenvalue weighted by Gasteiger charge is -2.35. The molecule has 2 N–H and O–H groups in total. The van der Waals surface area contributed by atoms with E-state index in [1.54, 1.807) is 4.90 Å². The van der Waals surface area contributed by atoms with Crippen molar-refractivity contribution >= 4 is 12.0 Å². The SMILES string of the molecule is CC(CC(=O)O)C1CCCN(C(=O)NCc2ncon2)C1. The third kappa shape index (κ3) is 4.44. The van der Waals surface area contributed by atoms with Crippen molar-refractivity contribution in [1.29, 1.82) is 0 Å². The number of aromatic nitrogens is 2. The summed E-state index contributed by atoms with van der Waals surface area (Å²) in [7, 11) is 0. The summed E-state index contributed by atoms with van der Waals surface area (Å²) in [6.45, 7) is 3.43. The summed E-state index contributed by atoms with van der Waals surface area (Å²) in [5.41, 5.74) is 0. The van der Waals surface area contributed by atoms with Gasteiger partial charge in [0.05, 0.1) is 6.54 Å². The van der Waals surface area contributed by atoms with Crippen molar-refractivity contribution in [3.8, 4) is 0 Å². The topological polar surface area (TPSA) is 109 Å². The van der Waals surface area contributed by atoms with Gasteiger partial charge in [0.25, 0.3) is 0 Å². The number of aliphatic carboxylic acids is 1. The zero-order valence-corrected chi connectivity index (χ0v) is 12.0. The van der Waals surface area contributed by atoms with Crippen LogP contribution in [0.4, 0.5) is 4.79 Å². The van der Waals surface area contributed by atoms with Gasteiger partial charge in [-0.05, 0) is 24.7 Å². The molecule has 8 heteroatoms. The third-order valence-corrected chi connectivity index (χ3v) is 3.85. The summed E-state index contributed by atoms with van der Waals surface area (Å²) < 4.78 is 4.60. The van der Waals surface area contributed by atoms with Crippen molar-refractivity contribution in [2.24, 2.45) is 11.8 Å². The van der Waals surface area contributed by atoms with Gasteiger partial charge in [-0.3, -0.25) is 4.79 Å². The fraction of sp³-hybridized carbons (Fsp3) is 0.692. The second-order valence-electron chi connectivity index (χ2n) is 5.43. The fourth-order valence-electron chi connectivity index (χ4n) is 2.64. The molecule has 1 aromatic rings. The molecule has 1 aliphatic rings. The molecule has 0 aromatic carbocycles. The zero-order valence-electron chi connectivity index (χ0n) is 12.0. The lowest BCUT2D eigenvalue weighted by Crippen LogP contribution is -2.46. The van der Waals surface area contributed by atoms with Gasteiger partial charge in [-0.1, -0.05) is 12.1 Å². The van der Waals surface area contributed by atoms with Crippen molar-refractivity contribution in [1.82, 2.24) is 20.4 Å². The predicted octanol–water partition coefficient (Wildman–Crippen LogP) is 1.10. The van der Waals surface area contributed by atoms with Crippen LogP contribution in [0.25, 0.3) is 0 Å². The Morgan fingerprint density at radius 2 is 2.43 bits per heavy atom. The van der Waals surface area contributed by atoms with E-state index < -0.39 is 5.97 Å². The Hall–Kier alpha value is -2.12. The van der Waals surface area contributed by atoms with E-state index in [0.717, 1.165) is 12.8 Å². The summed E-state index contributed by atoms with van der Waals surface area (Å²) in [6.07, 6.45) is 3.21. The molecule has 0 spiro atoms. The molecule has 1 fully saturated rings. The van der Waals surface area contributed by atoms with Gasteiger partial charge in [-0.15, -0.1) is 0 Å². The Kier molecular flexibility index (Phi) is 5.13. The number of nitrogens with zero attached hydrogens (tertiary/aromatic N) is 3. The molecule has 2 heterocycles. The fourth-order valence-corrected chi connectivity index (χ4v) is 2.64. The molecule has 2 unspecified atom stereocenters. The first-order valence-electron chi connectivity index (χ1n) is 7.06. The van der Waals surface area contributed by atoms with E-state index in [9.17, 15) is 9.59 Å². The maximum atomic E-state index is 12.1. The van der Waals surface area contributed by atoms with Crippen LogP contribution >= 0.6 is 0 Å². The minimum atomic E-state index is -0.791. The van der Waals surface area contributed by atoms with Crippen LogP contribution < -0.4 is 5.32 Å². The highest BCUT2D eigenvalue weighted by atomic mass is 16.5. The van der Waals surface area contributed by atoms with E-state index in [0.29, 0.717) is 18.9 Å². The van der Waals surface area contributed by atoms with E-state index in [-0.39, 0.29) is 30.8 Å². The number of nitrogens with one attached hydrogen (secondary N) is 1. The Bertz CT molecular complexity index is 477. The lowest BCUT2D eigenvalue weighted by molar-refractivity contribution is -0.138. The number of amides is 2. The summed E-state index contributed by atoms with van der Waals surface area (Å²) in [6, 6.07) is -0.174. The van der Waals surface area contributed by atoms with Crippen molar-refractivity contribution in [2.45, 2.75) is 32.7 Å². The Balaban J connectivity index is 1.82. The predicted molar refractivity (Wildman–Crippen MR) is 72.2 cm³/mol. The maximum absolute atomic E-state index is 12.1. The monoisotopic (exact) mass is 296 g/mol. The number of hydrogen-bond acceptors (Lipinski definition) is 5. The molecule has 21 heavy (non-hydrogen) atoms. The van der Waals surface area contributed by atoms with Gasteiger partial charge in [0.15, 0.2) is 5.82 Å². The number of carbonyl (C=O) groups excluding carboxylic acids is 1. The van der Waals surface area contributed by atoms with E-state index in [1.807, 2.05) is 6.92 Å². The van der Waals surface area contributed by atoms with Crippen molar-refractivity contribution < 1.29 is 19.2 Å². The highest BCUT2D eigenvalue weighted by Crippen LogP contribution is 2.26. The second-order valence-corrected chi connectivity index (χ2v) is 5.43. The molecule has 2 atom stereocenters. The molecular weight excluding hydrogens is 276 g/mol. The molecule has 1 aromatic heterocycles. The zero-order chi connectivity index (χ0) is 15.2. The number of urea groups is 1. The molecule has 0 saturated carbocycles. The molecule has 1 aliphatic heterocycles. The normalized spacial score (nSPS) is 20.0. The quantitative estimate of drug-likeness (QED) is 0.842. The van der Waals surface area contributed by atoms with E-state index in [2.05, 4.69) is 20.0 Å². The average Bonchev–Trinajstić information content (AvgIpc) is 2.97. The molecular formula is C13H20N4O4. The van der Waals surface area contributed by atoms with Crippen LogP contribution in [-0.2, 0) is 11.3 Å². The molecule has 0 bridgehead atoms. The van der Waals surface area contributed by atoms with Crippen molar-refractivity contribution in [3.63, 3.8) is 0 Å². The number of rotatable bonds is 5. The maximum Gasteiger partial charge on any atom is 0.317 e. The Morgan fingerprint density at radius 1 is 1.62 bits per heavy atom. The first-order chi connectivity index (χ1) is 10.1. The standard InChI is InChI=1S/C13H20N4O4/c1-9(5-12(18)19)10-3-2-4-17(7-10)13(20)14-6-11-15-8-21-16-11/h8-10H,2-7H2,1H3,(H,14,20)(H,18,19). The summed E-state index contributed by atoms with van der Waals surface area (Å²) in [5, 5.41) is 15.2. The molecule has 8 nitrogen and oxygen atoms in total. The van der Waals surface area contributed by atoms with Gasteiger partial charge in [0, 0.05) is 19.5 Å². The van der Waals surface area contributed by atoms with Crippen LogP contribution in [0.5, 0.6) is 0 Å². The smallest absolute Gasteiger partial charge is 0.317 e. The molecule has 0 radical (unpaired) electrons. The average molecular weight is 296 g/mol. The third-order valence-electron chi connectivity index (χ3n) is 3.85. The number of hydrogen-bond donors (Lipinski definition) is 2. The first kappa shape index (κ1) is 15.3. The first-order valence-corrected chi connectivity index (χ1v) is 7.06. The number of carboxylic acid groups (broad SMARTS) is 1. The number of carbonyl (C=O) groups is 2. The highest BCUT2D eigenvalue weighted by Gasteiger charge is 2.28. The van der Waals surface area contributed by atoms with Gasteiger partial charge in [-0.2, -0.15) is 4.98 Å². The van der Waals surface area contributed by atoms with E-state index in [4.69, 9.17) is 5.11 Å². The Labute approximate surface area is 122 Å². The van der Waals surface area contributed by atoms with Gasteiger partial charge < -0.3 is 19.8 Å². The van der Waals surface area contributed by atoms with Gasteiger partial charge in [-0.25, -0.2) is 4.79 Å². The Morgan fingerprint density at radius 3 is 3.10 bits per heavy atom. The summed E-state index contributed by atoms with van der Waals surface area (Å²) in [5.74, 6) is -0.0709. The van der Waals surface area contributed by atoms with Crippen LogP contribution in [0.15, 0.2) is 10.9 Å². The molecule has 1 saturated heterocycles. The number of likely N-dealkylation sites (tertiary alicyclic amines) is 1. The van der Waals surface area contributed by atoms with Crippen LogP contribution in [-0.4, -0.2) is 45.2 Å². The summed E-state index contributed by atoms with van der Waals surface area (Å²) in [4.78, 5) is 28.4. The van der Waals surface area contributed by atoms with Gasteiger partial charge >= 0.3 is 12.0 Å². The van der Waals surface area contributed by atoms with Crippen LogP contribution in [0.2, 0.25) is 0 Å². The van der Waals surface area contributed by atoms with Crippen LogP contribution in [0.3, 0.4) is 0 Å². The molecule has 0 aliphatic carbocycles. The van der Waals surface area contributed by atoms with E-state index >= 15 is 0 Å². The van der Waals surface area contributed by atoms with Gasteiger partial charge in [0.1, 0.15) is 0 Å². The second kappa shape index (κ2) is 7.05. The van der Waals surface area contributed by atoms with Crippen molar-refractivity contribution in [2.75, 3.05) is 13.1 Å². The molecule has 2 amide bonds. The lowest BCUT2D eigenvalue weighted by atomic mass is 9.85.